The first kappa shape index (κ1) is 44.8. The second-order valence-electron chi connectivity index (χ2n) is 14.3. The SMILES string of the molecule is CCCCCC=CCC=CCCCCCCCCOC(N)C(CN1CCCCC1)OCCCCCCCCC=CCC=CCCCCC. The van der Waals surface area contributed by atoms with E-state index in [9.17, 15) is 0 Å². The Morgan fingerprint density at radius 1 is 0.479 bits per heavy atom. The van der Waals surface area contributed by atoms with Gasteiger partial charge in [0.25, 0.3) is 0 Å². The van der Waals surface area contributed by atoms with Gasteiger partial charge >= 0.3 is 0 Å². The molecule has 0 bridgehead atoms. The van der Waals surface area contributed by atoms with Crippen LogP contribution in [0.15, 0.2) is 48.6 Å². The number of allylic oxidation sites excluding steroid dienone is 8. The summed E-state index contributed by atoms with van der Waals surface area (Å²) in [5.41, 5.74) is 6.58. The summed E-state index contributed by atoms with van der Waals surface area (Å²) in [5, 5.41) is 0. The average Bonchev–Trinajstić information content (AvgIpc) is 3.10. The second-order valence-corrected chi connectivity index (χ2v) is 14.3. The Morgan fingerprint density at radius 2 is 0.875 bits per heavy atom. The lowest BCUT2D eigenvalue weighted by Crippen LogP contribution is -2.48. The zero-order valence-corrected chi connectivity index (χ0v) is 32.2. The number of piperidine rings is 1. The Morgan fingerprint density at radius 3 is 1.33 bits per heavy atom. The third kappa shape index (κ3) is 30.8. The van der Waals surface area contributed by atoms with Crippen molar-refractivity contribution in [2.24, 2.45) is 5.73 Å². The molecule has 4 heteroatoms. The number of rotatable bonds is 35. The Bertz CT molecular complexity index is 755. The van der Waals surface area contributed by atoms with Crippen LogP contribution in [0.5, 0.6) is 0 Å². The van der Waals surface area contributed by atoms with Crippen LogP contribution in [0, 0.1) is 0 Å². The van der Waals surface area contributed by atoms with Crippen LogP contribution in [0.4, 0.5) is 0 Å². The van der Waals surface area contributed by atoms with E-state index in [-0.39, 0.29) is 12.3 Å². The summed E-state index contributed by atoms with van der Waals surface area (Å²) in [6.45, 7) is 9.33. The molecule has 1 aliphatic rings. The summed E-state index contributed by atoms with van der Waals surface area (Å²) < 4.78 is 12.5. The van der Waals surface area contributed by atoms with Gasteiger partial charge in [-0.3, -0.25) is 0 Å². The van der Waals surface area contributed by atoms with Gasteiger partial charge in [-0.15, -0.1) is 0 Å². The quantitative estimate of drug-likeness (QED) is 0.0414. The minimum Gasteiger partial charge on any atom is -0.373 e. The van der Waals surface area contributed by atoms with Gasteiger partial charge in [0.15, 0.2) is 0 Å². The van der Waals surface area contributed by atoms with Crippen LogP contribution in [0.25, 0.3) is 0 Å². The van der Waals surface area contributed by atoms with Crippen LogP contribution >= 0.6 is 0 Å². The standard InChI is InChI=1S/C44H82N2O2/c1-3-5-7-9-11-13-15-17-19-21-23-25-27-29-31-36-40-47-43(42-46-38-34-33-35-39-46)44(45)48-41-37-32-30-28-26-24-22-20-18-16-14-12-10-8-6-4-2/h11-14,17-20,43-44H,3-10,15-16,21-42,45H2,1-2H3. The van der Waals surface area contributed by atoms with Crippen LogP contribution in [0.1, 0.15) is 187 Å². The van der Waals surface area contributed by atoms with Gasteiger partial charge < -0.3 is 20.1 Å². The number of nitrogens with zero attached hydrogens (tertiary/aromatic N) is 1. The summed E-state index contributed by atoms with van der Waals surface area (Å²) in [7, 11) is 0. The number of nitrogens with two attached hydrogens (primary N) is 1. The highest BCUT2D eigenvalue weighted by Gasteiger charge is 2.23. The zero-order chi connectivity index (χ0) is 34.4. The van der Waals surface area contributed by atoms with Crippen LogP contribution in [0.2, 0.25) is 0 Å². The first-order valence-electron chi connectivity index (χ1n) is 21.1. The maximum atomic E-state index is 6.58. The molecule has 48 heavy (non-hydrogen) atoms. The van der Waals surface area contributed by atoms with Crippen molar-refractivity contribution in [3.05, 3.63) is 48.6 Å². The van der Waals surface area contributed by atoms with E-state index in [1.54, 1.807) is 0 Å². The van der Waals surface area contributed by atoms with Crippen molar-refractivity contribution >= 4 is 0 Å². The van der Waals surface area contributed by atoms with E-state index in [4.69, 9.17) is 15.2 Å². The van der Waals surface area contributed by atoms with Crippen molar-refractivity contribution < 1.29 is 9.47 Å². The molecular formula is C44H82N2O2. The minimum atomic E-state index is -0.325. The molecule has 1 fully saturated rings. The summed E-state index contributed by atoms with van der Waals surface area (Å²) in [6, 6.07) is 0. The van der Waals surface area contributed by atoms with Crippen LogP contribution < -0.4 is 5.73 Å². The molecule has 0 aromatic carbocycles. The molecule has 0 spiro atoms. The molecular weight excluding hydrogens is 588 g/mol. The fourth-order valence-corrected chi connectivity index (χ4v) is 6.39. The highest BCUT2D eigenvalue weighted by molar-refractivity contribution is 4.93. The number of hydrogen-bond acceptors (Lipinski definition) is 4. The van der Waals surface area contributed by atoms with Gasteiger partial charge in [0, 0.05) is 19.8 Å². The van der Waals surface area contributed by atoms with Crippen LogP contribution in [0.3, 0.4) is 0 Å². The third-order valence-corrected chi connectivity index (χ3v) is 9.59. The summed E-state index contributed by atoms with van der Waals surface area (Å²) in [4.78, 5) is 2.54. The molecule has 4 nitrogen and oxygen atoms in total. The number of likely N-dealkylation sites (tertiary alicyclic amines) is 1. The molecule has 0 amide bonds. The minimum absolute atomic E-state index is 0.0225. The molecule has 280 valence electrons. The highest BCUT2D eigenvalue weighted by atomic mass is 16.5. The van der Waals surface area contributed by atoms with E-state index in [2.05, 4.69) is 67.4 Å². The zero-order valence-electron chi connectivity index (χ0n) is 32.2. The first-order valence-corrected chi connectivity index (χ1v) is 21.1. The van der Waals surface area contributed by atoms with Gasteiger partial charge in [0.2, 0.25) is 0 Å². The maximum Gasteiger partial charge on any atom is 0.133 e. The predicted octanol–water partition coefficient (Wildman–Crippen LogP) is 12.8. The summed E-state index contributed by atoms with van der Waals surface area (Å²) >= 11 is 0. The van der Waals surface area contributed by atoms with Crippen molar-refractivity contribution in [1.29, 1.82) is 0 Å². The molecule has 0 radical (unpaired) electrons. The van der Waals surface area contributed by atoms with Gasteiger partial charge in [0.1, 0.15) is 12.3 Å². The van der Waals surface area contributed by atoms with E-state index < -0.39 is 0 Å². The maximum absolute atomic E-state index is 6.58. The molecule has 1 aliphatic heterocycles. The van der Waals surface area contributed by atoms with Gasteiger partial charge in [-0.05, 0) is 103 Å². The summed E-state index contributed by atoms with van der Waals surface area (Å²) in [5.74, 6) is 0. The average molecular weight is 671 g/mol. The van der Waals surface area contributed by atoms with Crippen LogP contribution in [-0.2, 0) is 9.47 Å². The monoisotopic (exact) mass is 671 g/mol. The predicted molar refractivity (Wildman–Crippen MR) is 213 cm³/mol. The number of unbranched alkanes of at least 4 members (excludes halogenated alkanes) is 18. The fraction of sp³-hybridized carbons (Fsp3) is 0.818. The molecule has 2 unspecified atom stereocenters. The molecule has 0 aromatic heterocycles. The number of ether oxygens (including phenoxy) is 2. The third-order valence-electron chi connectivity index (χ3n) is 9.59. The Kier molecular flexibility index (Phi) is 34.6. The lowest BCUT2D eigenvalue weighted by Gasteiger charge is -2.33. The fourth-order valence-electron chi connectivity index (χ4n) is 6.39. The van der Waals surface area contributed by atoms with Gasteiger partial charge in [0.05, 0.1) is 0 Å². The molecule has 1 rings (SSSR count). The van der Waals surface area contributed by atoms with Crippen molar-refractivity contribution in [2.75, 3.05) is 32.8 Å². The molecule has 0 aromatic rings. The smallest absolute Gasteiger partial charge is 0.133 e. The van der Waals surface area contributed by atoms with E-state index >= 15 is 0 Å². The van der Waals surface area contributed by atoms with E-state index in [1.165, 1.54) is 161 Å². The normalized spacial score (nSPS) is 16.0. The highest BCUT2D eigenvalue weighted by Crippen LogP contribution is 2.14. The summed E-state index contributed by atoms with van der Waals surface area (Å²) in [6.07, 6.45) is 52.7. The molecule has 0 saturated carbocycles. The van der Waals surface area contributed by atoms with Crippen molar-refractivity contribution in [3.8, 4) is 0 Å². The van der Waals surface area contributed by atoms with E-state index in [0.29, 0.717) is 0 Å². The van der Waals surface area contributed by atoms with Crippen molar-refractivity contribution in [1.82, 2.24) is 4.90 Å². The number of hydrogen-bond donors (Lipinski definition) is 1. The molecule has 0 aliphatic carbocycles. The lowest BCUT2D eigenvalue weighted by molar-refractivity contribution is -0.0846. The Balaban J connectivity index is 2.08. The molecule has 1 saturated heterocycles. The van der Waals surface area contributed by atoms with Crippen LogP contribution in [-0.4, -0.2) is 50.1 Å². The second kappa shape index (κ2) is 37.1. The lowest BCUT2D eigenvalue weighted by atomic mass is 10.1. The van der Waals surface area contributed by atoms with Gasteiger partial charge in [-0.1, -0.05) is 146 Å². The van der Waals surface area contributed by atoms with Gasteiger partial charge in [-0.2, -0.15) is 0 Å². The van der Waals surface area contributed by atoms with Crippen molar-refractivity contribution in [3.63, 3.8) is 0 Å². The molecule has 2 atom stereocenters. The Labute approximate surface area is 300 Å². The topological polar surface area (TPSA) is 47.7 Å². The van der Waals surface area contributed by atoms with E-state index in [0.717, 1.165) is 45.4 Å². The van der Waals surface area contributed by atoms with Crippen molar-refractivity contribution in [2.45, 2.75) is 200 Å². The first-order chi connectivity index (χ1) is 23.8. The van der Waals surface area contributed by atoms with Gasteiger partial charge in [-0.25, -0.2) is 0 Å². The van der Waals surface area contributed by atoms with E-state index in [1.807, 2.05) is 0 Å². The molecule has 1 heterocycles. The largest absolute Gasteiger partial charge is 0.373 e. The molecule has 2 N–H and O–H groups in total. The Hall–Kier alpha value is -1.20.